The number of halogens is 2. The van der Waals surface area contributed by atoms with Gasteiger partial charge in [0.2, 0.25) is 0 Å². The third-order valence-electron chi connectivity index (χ3n) is 4.82. The van der Waals surface area contributed by atoms with Gasteiger partial charge in [0.1, 0.15) is 17.7 Å². The van der Waals surface area contributed by atoms with Crippen molar-refractivity contribution in [3.8, 4) is 10.4 Å². The molecule has 2 bridgehead atoms. The molecule has 1 aromatic carbocycles. The molecule has 0 aliphatic carbocycles. The zero-order chi connectivity index (χ0) is 17.4. The Morgan fingerprint density at radius 1 is 1.32 bits per heavy atom. The van der Waals surface area contributed by atoms with E-state index < -0.39 is 17.7 Å². The Morgan fingerprint density at radius 3 is 2.84 bits per heavy atom. The lowest BCUT2D eigenvalue weighted by atomic mass is 9.86. The van der Waals surface area contributed by atoms with E-state index in [4.69, 9.17) is 4.74 Å². The number of amides is 1. The molecule has 1 atom stereocenters. The third kappa shape index (κ3) is 3.36. The van der Waals surface area contributed by atoms with Crippen LogP contribution in [0.25, 0.3) is 10.4 Å². The summed E-state index contributed by atoms with van der Waals surface area (Å²) in [5, 5.41) is 2.57. The summed E-state index contributed by atoms with van der Waals surface area (Å²) < 4.78 is 33.0. The van der Waals surface area contributed by atoms with Crippen molar-refractivity contribution in [2.24, 2.45) is 5.92 Å². The lowest BCUT2D eigenvalue weighted by Gasteiger charge is -2.43. The highest BCUT2D eigenvalue weighted by molar-refractivity contribution is 7.13. The van der Waals surface area contributed by atoms with Gasteiger partial charge in [-0.25, -0.2) is 18.6 Å². The molecule has 25 heavy (non-hydrogen) atoms. The molecule has 4 heterocycles. The van der Waals surface area contributed by atoms with Gasteiger partial charge >= 0.3 is 6.09 Å². The third-order valence-corrected chi connectivity index (χ3v) is 5.68. The number of anilines is 1. The minimum Gasteiger partial charge on any atom is -0.444 e. The Labute approximate surface area is 147 Å². The summed E-state index contributed by atoms with van der Waals surface area (Å²) in [6.45, 7) is 2.86. The molecule has 8 heteroatoms. The average Bonchev–Trinajstić information content (AvgIpc) is 3.06. The molecular weight excluding hydrogens is 348 g/mol. The van der Waals surface area contributed by atoms with Crippen molar-refractivity contribution in [1.29, 1.82) is 0 Å². The number of carbonyl (C=O) groups excluding carboxylic acids is 1. The smallest absolute Gasteiger partial charge is 0.413 e. The number of benzene rings is 1. The summed E-state index contributed by atoms with van der Waals surface area (Å²) in [5.74, 6) is -0.544. The van der Waals surface area contributed by atoms with Gasteiger partial charge in [-0.15, -0.1) is 11.3 Å². The summed E-state index contributed by atoms with van der Waals surface area (Å²) >= 11 is 1.13. The molecule has 5 nitrogen and oxygen atoms in total. The SMILES string of the molecule is O=C(Nc1ncsc1-c1cc(F)ccc1F)O[C@H]1CN2CCC1CC2. The Balaban J connectivity index is 1.47. The standard InChI is InChI=1S/C17H17F2N3O2S/c18-11-1-2-13(19)12(7-11)15-16(20-9-25-15)21-17(23)24-14-8-22-5-3-10(14)4-6-22/h1-2,7,9-10,14H,3-6,8H2,(H,21,23)/t14-/m0/s1. The van der Waals surface area contributed by atoms with E-state index in [0.29, 0.717) is 10.8 Å². The molecular formula is C17H17F2N3O2S. The second-order valence-electron chi connectivity index (χ2n) is 6.36. The highest BCUT2D eigenvalue weighted by Crippen LogP contribution is 2.34. The molecule has 2 aromatic rings. The number of nitrogens with zero attached hydrogens (tertiary/aromatic N) is 2. The van der Waals surface area contributed by atoms with Gasteiger partial charge < -0.3 is 4.74 Å². The summed E-state index contributed by atoms with van der Waals surface area (Å²) in [7, 11) is 0. The summed E-state index contributed by atoms with van der Waals surface area (Å²) in [6, 6.07) is 3.20. The predicted octanol–water partition coefficient (Wildman–Crippen LogP) is 3.73. The lowest BCUT2D eigenvalue weighted by molar-refractivity contribution is -0.0290. The fraction of sp³-hybridized carbons (Fsp3) is 0.412. The van der Waals surface area contributed by atoms with Gasteiger partial charge in [-0.3, -0.25) is 10.2 Å². The first-order valence-electron chi connectivity index (χ1n) is 8.19. The number of hydrogen-bond acceptors (Lipinski definition) is 5. The van der Waals surface area contributed by atoms with Crippen LogP contribution in [0.5, 0.6) is 0 Å². The zero-order valence-electron chi connectivity index (χ0n) is 13.4. The molecule has 3 fully saturated rings. The van der Waals surface area contributed by atoms with E-state index in [1.54, 1.807) is 0 Å². The van der Waals surface area contributed by atoms with E-state index in [1.807, 2.05) is 0 Å². The van der Waals surface area contributed by atoms with Crippen molar-refractivity contribution in [2.75, 3.05) is 25.0 Å². The number of thiazole rings is 1. The minimum absolute atomic E-state index is 0.0700. The van der Waals surface area contributed by atoms with Crippen LogP contribution in [0, 0.1) is 17.6 Å². The van der Waals surface area contributed by atoms with Gasteiger partial charge in [-0.1, -0.05) is 0 Å². The van der Waals surface area contributed by atoms with E-state index in [-0.39, 0.29) is 17.5 Å². The largest absolute Gasteiger partial charge is 0.444 e. The number of piperidine rings is 3. The van der Waals surface area contributed by atoms with Crippen LogP contribution in [0.15, 0.2) is 23.7 Å². The number of nitrogens with one attached hydrogen (secondary N) is 1. The van der Waals surface area contributed by atoms with Gasteiger partial charge in [-0.05, 0) is 50.0 Å². The van der Waals surface area contributed by atoms with Crippen molar-refractivity contribution in [1.82, 2.24) is 9.88 Å². The summed E-state index contributed by atoms with van der Waals surface area (Å²) in [6.07, 6.45) is 1.33. The molecule has 3 saturated heterocycles. The first kappa shape index (κ1) is 16.4. The van der Waals surface area contributed by atoms with Gasteiger partial charge in [-0.2, -0.15) is 0 Å². The van der Waals surface area contributed by atoms with Crippen molar-refractivity contribution in [3.63, 3.8) is 0 Å². The Bertz CT molecular complexity index is 790. The molecule has 0 radical (unpaired) electrons. The highest BCUT2D eigenvalue weighted by Gasteiger charge is 2.36. The maximum atomic E-state index is 14.0. The Hall–Kier alpha value is -2.06. The van der Waals surface area contributed by atoms with Crippen LogP contribution in [0.3, 0.4) is 0 Å². The van der Waals surface area contributed by atoms with E-state index in [1.165, 1.54) is 5.51 Å². The highest BCUT2D eigenvalue weighted by atomic mass is 32.1. The van der Waals surface area contributed by atoms with Crippen molar-refractivity contribution < 1.29 is 18.3 Å². The van der Waals surface area contributed by atoms with E-state index in [0.717, 1.165) is 62.0 Å². The predicted molar refractivity (Wildman–Crippen MR) is 90.5 cm³/mol. The van der Waals surface area contributed by atoms with Gasteiger partial charge in [0.15, 0.2) is 5.82 Å². The van der Waals surface area contributed by atoms with Crippen molar-refractivity contribution >= 4 is 23.2 Å². The molecule has 0 spiro atoms. The summed E-state index contributed by atoms with van der Waals surface area (Å²) in [4.78, 5) is 18.9. The fourth-order valence-corrected chi connectivity index (χ4v) is 4.27. The molecule has 1 N–H and O–H groups in total. The molecule has 5 rings (SSSR count). The molecule has 3 aliphatic heterocycles. The van der Waals surface area contributed by atoms with Crippen LogP contribution in [-0.4, -0.2) is 41.7 Å². The normalized spacial score (nSPS) is 25.0. The lowest BCUT2D eigenvalue weighted by Crippen LogP contribution is -2.52. The van der Waals surface area contributed by atoms with Gasteiger partial charge in [0.25, 0.3) is 0 Å². The monoisotopic (exact) mass is 365 g/mol. The number of aromatic nitrogens is 1. The van der Waals surface area contributed by atoms with Crippen molar-refractivity contribution in [3.05, 3.63) is 35.3 Å². The first-order valence-corrected chi connectivity index (χ1v) is 9.07. The second-order valence-corrected chi connectivity index (χ2v) is 7.22. The Morgan fingerprint density at radius 2 is 2.12 bits per heavy atom. The number of carbonyl (C=O) groups is 1. The first-order chi connectivity index (χ1) is 12.1. The quantitative estimate of drug-likeness (QED) is 0.901. The second kappa shape index (κ2) is 6.68. The average molecular weight is 365 g/mol. The van der Waals surface area contributed by atoms with Gasteiger partial charge in [0, 0.05) is 12.1 Å². The topological polar surface area (TPSA) is 54.5 Å². The van der Waals surface area contributed by atoms with Crippen LogP contribution in [-0.2, 0) is 4.74 Å². The zero-order valence-corrected chi connectivity index (χ0v) is 14.2. The van der Waals surface area contributed by atoms with Crippen LogP contribution >= 0.6 is 11.3 Å². The van der Waals surface area contributed by atoms with Crippen molar-refractivity contribution in [2.45, 2.75) is 18.9 Å². The Kier molecular flexibility index (Phi) is 4.39. The maximum absolute atomic E-state index is 14.0. The van der Waals surface area contributed by atoms with Crippen LogP contribution in [0.1, 0.15) is 12.8 Å². The van der Waals surface area contributed by atoms with Gasteiger partial charge in [0.05, 0.1) is 10.4 Å². The molecule has 1 aromatic heterocycles. The van der Waals surface area contributed by atoms with Crippen LogP contribution in [0.4, 0.5) is 19.4 Å². The van der Waals surface area contributed by atoms with E-state index >= 15 is 0 Å². The number of fused-ring (bicyclic) bond motifs is 3. The maximum Gasteiger partial charge on any atom is 0.413 e. The number of ether oxygens (including phenoxy) is 1. The molecule has 1 amide bonds. The van der Waals surface area contributed by atoms with Crippen LogP contribution < -0.4 is 5.32 Å². The minimum atomic E-state index is -0.609. The summed E-state index contributed by atoms with van der Waals surface area (Å²) in [5.41, 5.74) is 1.55. The molecule has 0 saturated carbocycles. The molecule has 3 aliphatic rings. The van der Waals surface area contributed by atoms with E-state index in [9.17, 15) is 13.6 Å². The molecule has 0 unspecified atom stereocenters. The fourth-order valence-electron chi connectivity index (χ4n) is 3.51. The van der Waals surface area contributed by atoms with Crippen LogP contribution in [0.2, 0.25) is 0 Å². The number of rotatable bonds is 3. The number of hydrogen-bond donors (Lipinski definition) is 1. The van der Waals surface area contributed by atoms with E-state index in [2.05, 4.69) is 15.2 Å². The molecule has 132 valence electrons.